The quantitative estimate of drug-likeness (QED) is 0.644. The van der Waals surface area contributed by atoms with Crippen LogP contribution < -0.4 is 16.0 Å². The molecule has 3 heterocycles. The van der Waals surface area contributed by atoms with Gasteiger partial charge in [-0.15, -0.1) is 0 Å². The van der Waals surface area contributed by atoms with Gasteiger partial charge in [-0.05, 0) is 36.1 Å². The second kappa shape index (κ2) is 9.05. The van der Waals surface area contributed by atoms with E-state index in [9.17, 15) is 18.0 Å². The van der Waals surface area contributed by atoms with Gasteiger partial charge in [-0.3, -0.25) is 4.79 Å². The summed E-state index contributed by atoms with van der Waals surface area (Å²) in [6.45, 7) is 9.68. The van der Waals surface area contributed by atoms with E-state index >= 15 is 0 Å². The third-order valence-electron chi connectivity index (χ3n) is 5.16. The minimum absolute atomic E-state index is 0. The Hall–Kier alpha value is -2.94. The van der Waals surface area contributed by atoms with Gasteiger partial charge in [-0.25, -0.2) is 9.97 Å². The van der Waals surface area contributed by atoms with Gasteiger partial charge in [0.15, 0.2) is 0 Å². The highest BCUT2D eigenvalue weighted by Crippen LogP contribution is 2.34. The minimum Gasteiger partial charge on any atom is -0.383 e. The van der Waals surface area contributed by atoms with Crippen LogP contribution in [0.25, 0.3) is 6.08 Å². The Morgan fingerprint density at radius 2 is 2.19 bits per heavy atom. The molecule has 0 aromatic carbocycles. The lowest BCUT2D eigenvalue weighted by Gasteiger charge is -2.35. The summed E-state index contributed by atoms with van der Waals surface area (Å²) in [7, 11) is 0. The zero-order valence-corrected chi connectivity index (χ0v) is 17.5. The molecule has 172 valence electrons. The molecule has 0 spiro atoms. The first-order valence-electron chi connectivity index (χ1n) is 10.1. The van der Waals surface area contributed by atoms with Crippen molar-refractivity contribution in [2.45, 2.75) is 32.5 Å². The molecule has 1 aliphatic rings. The van der Waals surface area contributed by atoms with Crippen molar-refractivity contribution in [2.24, 2.45) is 5.92 Å². The van der Waals surface area contributed by atoms with Crippen LogP contribution in [-0.2, 0) is 6.18 Å². The second-order valence-electron chi connectivity index (χ2n) is 8.02. The number of rotatable bonds is 6. The highest BCUT2D eigenvalue weighted by Gasteiger charge is 2.37. The van der Waals surface area contributed by atoms with Crippen molar-refractivity contribution in [1.82, 2.24) is 15.3 Å². The van der Waals surface area contributed by atoms with E-state index in [2.05, 4.69) is 35.7 Å². The first-order valence-corrected chi connectivity index (χ1v) is 10.1. The molecule has 31 heavy (non-hydrogen) atoms. The molecule has 2 aromatic rings. The van der Waals surface area contributed by atoms with Gasteiger partial charge in [0.1, 0.15) is 17.3 Å². The van der Waals surface area contributed by atoms with Gasteiger partial charge in [0, 0.05) is 36.2 Å². The Labute approximate surface area is 183 Å². The lowest BCUT2D eigenvalue weighted by atomic mass is 10.0. The lowest BCUT2D eigenvalue weighted by Crippen LogP contribution is -2.51. The number of hydrogen-bond donors (Lipinski definition) is 2. The van der Waals surface area contributed by atoms with Crippen LogP contribution in [0.15, 0.2) is 31.0 Å². The summed E-state index contributed by atoms with van der Waals surface area (Å²) in [6.07, 6.45) is -0.978. The Bertz CT molecular complexity index is 989. The lowest BCUT2D eigenvalue weighted by molar-refractivity contribution is -0.138. The molecule has 0 amide bonds. The number of nitrogens with zero attached hydrogens (tertiary/aromatic N) is 3. The molecule has 0 saturated carbocycles. The first kappa shape index (κ1) is 22.7. The smallest absolute Gasteiger partial charge is 0.383 e. The number of nitrogens with two attached hydrogens (primary N) is 1. The standard InChI is InChI=1S/C22H26F3N5O.3H2/c1-4-14-10-16(21(26)28-11-14)20(31)19-17(22(23,24)25)5-6-18(29-19)30-8-7-27-15(12-30)9-13(2)3;;;/h4-6,10-11,13,15,27H,1,7-9,12H2,2-3H3,(H2,26,28);3*1H/t15-;;;/m0.../s1. The molecule has 0 unspecified atom stereocenters. The Morgan fingerprint density at radius 3 is 2.84 bits per heavy atom. The average molecular weight is 440 g/mol. The number of hydrogen-bond acceptors (Lipinski definition) is 6. The van der Waals surface area contributed by atoms with Crippen molar-refractivity contribution >= 4 is 23.5 Å². The van der Waals surface area contributed by atoms with E-state index in [1.54, 1.807) is 0 Å². The van der Waals surface area contributed by atoms with E-state index < -0.39 is 23.2 Å². The predicted molar refractivity (Wildman–Crippen MR) is 121 cm³/mol. The number of nitrogens with one attached hydrogen (secondary N) is 1. The number of halogens is 3. The van der Waals surface area contributed by atoms with E-state index in [0.717, 1.165) is 12.5 Å². The van der Waals surface area contributed by atoms with Crippen molar-refractivity contribution in [3.63, 3.8) is 0 Å². The Morgan fingerprint density at radius 1 is 1.45 bits per heavy atom. The maximum Gasteiger partial charge on any atom is 0.418 e. The fourth-order valence-corrected chi connectivity index (χ4v) is 3.70. The zero-order chi connectivity index (χ0) is 22.8. The highest BCUT2D eigenvalue weighted by atomic mass is 19.4. The van der Waals surface area contributed by atoms with Crippen molar-refractivity contribution in [2.75, 3.05) is 30.3 Å². The number of ketones is 1. The Balaban J connectivity index is 0.00000363. The van der Waals surface area contributed by atoms with Crippen molar-refractivity contribution in [1.29, 1.82) is 0 Å². The van der Waals surface area contributed by atoms with Gasteiger partial charge in [0.25, 0.3) is 0 Å². The van der Waals surface area contributed by atoms with Crippen LogP contribution in [0.3, 0.4) is 0 Å². The van der Waals surface area contributed by atoms with Gasteiger partial charge >= 0.3 is 6.18 Å². The maximum atomic E-state index is 13.7. The first-order chi connectivity index (χ1) is 14.6. The normalized spacial score (nSPS) is 17.1. The third-order valence-corrected chi connectivity index (χ3v) is 5.16. The van der Waals surface area contributed by atoms with Crippen LogP contribution in [0.2, 0.25) is 0 Å². The fourth-order valence-electron chi connectivity index (χ4n) is 3.70. The highest BCUT2D eigenvalue weighted by molar-refractivity contribution is 6.11. The fraction of sp³-hybridized carbons (Fsp3) is 0.409. The molecule has 0 radical (unpaired) electrons. The molecule has 3 rings (SSSR count). The summed E-state index contributed by atoms with van der Waals surface area (Å²) < 4.78 is 41.0. The number of pyridine rings is 2. The number of carbonyl (C=O) groups is 1. The molecule has 3 N–H and O–H groups in total. The van der Waals surface area contributed by atoms with Crippen molar-refractivity contribution in [3.8, 4) is 0 Å². The molecule has 1 atom stereocenters. The van der Waals surface area contributed by atoms with E-state index in [1.807, 2.05) is 4.90 Å². The molecular weight excluding hydrogens is 407 g/mol. The van der Waals surface area contributed by atoms with Gasteiger partial charge in [0.05, 0.1) is 11.1 Å². The number of alkyl halides is 3. The van der Waals surface area contributed by atoms with Crippen LogP contribution in [0.1, 0.15) is 51.7 Å². The van der Waals surface area contributed by atoms with Crippen LogP contribution in [0.4, 0.5) is 24.8 Å². The summed E-state index contributed by atoms with van der Waals surface area (Å²) in [4.78, 5) is 23.1. The predicted octanol–water partition coefficient (Wildman–Crippen LogP) is 4.51. The second-order valence-corrected chi connectivity index (χ2v) is 8.02. The molecule has 1 aliphatic heterocycles. The average Bonchev–Trinajstić information content (AvgIpc) is 2.72. The van der Waals surface area contributed by atoms with Gasteiger partial charge < -0.3 is 16.0 Å². The minimum atomic E-state index is -4.74. The number of piperazine rings is 1. The van der Waals surface area contributed by atoms with Crippen LogP contribution in [0.5, 0.6) is 0 Å². The van der Waals surface area contributed by atoms with E-state index in [-0.39, 0.29) is 21.7 Å². The zero-order valence-electron chi connectivity index (χ0n) is 17.5. The molecule has 1 saturated heterocycles. The SMILES string of the molecule is C=Cc1cnc(N)c(C(=O)c2nc(N3CCN[C@@H](CC(C)C)C3)ccc2C(F)(F)F)c1.[HH].[HH].[HH]. The molecule has 9 heteroatoms. The summed E-state index contributed by atoms with van der Waals surface area (Å²) >= 11 is 0. The van der Waals surface area contributed by atoms with Gasteiger partial charge in [-0.2, -0.15) is 13.2 Å². The summed E-state index contributed by atoms with van der Waals surface area (Å²) in [5.41, 5.74) is 4.35. The van der Waals surface area contributed by atoms with E-state index in [4.69, 9.17) is 5.73 Å². The topological polar surface area (TPSA) is 84.1 Å². The van der Waals surface area contributed by atoms with Gasteiger partial charge in [-0.1, -0.05) is 26.5 Å². The molecule has 0 aliphatic carbocycles. The Kier molecular flexibility index (Phi) is 6.64. The van der Waals surface area contributed by atoms with E-state index in [1.165, 1.54) is 24.4 Å². The number of carbonyl (C=O) groups excluding carboxylic acids is 1. The molecule has 6 nitrogen and oxygen atoms in total. The van der Waals surface area contributed by atoms with Crippen molar-refractivity contribution in [3.05, 3.63) is 53.4 Å². The van der Waals surface area contributed by atoms with Crippen LogP contribution in [0, 0.1) is 5.92 Å². The molecular formula is C22H32F3N5O. The summed E-state index contributed by atoms with van der Waals surface area (Å²) in [5, 5.41) is 3.42. The molecule has 1 fully saturated rings. The third kappa shape index (κ3) is 5.22. The summed E-state index contributed by atoms with van der Waals surface area (Å²) in [5.74, 6) is -0.271. The largest absolute Gasteiger partial charge is 0.418 e. The summed E-state index contributed by atoms with van der Waals surface area (Å²) in [6, 6.07) is 3.80. The van der Waals surface area contributed by atoms with E-state index in [0.29, 0.717) is 36.9 Å². The van der Waals surface area contributed by atoms with Crippen LogP contribution in [-0.4, -0.2) is 41.4 Å². The van der Waals surface area contributed by atoms with Gasteiger partial charge in [0.2, 0.25) is 5.78 Å². The molecule has 0 bridgehead atoms. The number of aromatic nitrogens is 2. The van der Waals surface area contributed by atoms with Crippen LogP contribution >= 0.6 is 0 Å². The monoisotopic (exact) mass is 439 g/mol. The van der Waals surface area contributed by atoms with Crippen molar-refractivity contribution < 1.29 is 22.2 Å². The number of nitrogen functional groups attached to an aromatic ring is 1. The maximum absolute atomic E-state index is 13.7. The number of anilines is 2. The molecule has 2 aromatic heterocycles.